The quantitative estimate of drug-likeness (QED) is 0.883. The van der Waals surface area contributed by atoms with Crippen LogP contribution in [-0.2, 0) is 9.84 Å². The van der Waals surface area contributed by atoms with E-state index in [0.29, 0.717) is 5.69 Å². The summed E-state index contributed by atoms with van der Waals surface area (Å²) in [6.45, 7) is 2.02. The molecule has 0 aliphatic rings. The van der Waals surface area contributed by atoms with Crippen molar-refractivity contribution < 1.29 is 8.42 Å². The minimum Gasteiger partial charge on any atom is -0.396 e. The maximum Gasteiger partial charge on any atom is 0.177 e. The maximum absolute atomic E-state index is 11.7. The largest absolute Gasteiger partial charge is 0.396 e. The number of nitrogen functional groups attached to an aromatic ring is 1. The first kappa shape index (κ1) is 14.4. The number of para-hydroxylation sites is 1. The second-order valence-electron chi connectivity index (χ2n) is 4.86. The van der Waals surface area contributed by atoms with E-state index in [0.717, 1.165) is 11.9 Å². The van der Waals surface area contributed by atoms with Gasteiger partial charge in [0.2, 0.25) is 0 Å². The molecule has 0 aliphatic heterocycles. The van der Waals surface area contributed by atoms with E-state index in [4.69, 9.17) is 5.73 Å². The fraction of sp³-hybridized carbons (Fsp3) is 0.200. The summed E-state index contributed by atoms with van der Waals surface area (Å²) in [6.07, 6.45) is 1.16. The highest BCUT2D eigenvalue weighted by Crippen LogP contribution is 2.33. The van der Waals surface area contributed by atoms with Gasteiger partial charge in [-0.25, -0.2) is 8.42 Å². The molecule has 2 aromatic rings. The first-order chi connectivity index (χ1) is 9.30. The Labute approximate surface area is 119 Å². The van der Waals surface area contributed by atoms with Gasteiger partial charge < -0.3 is 10.6 Å². The van der Waals surface area contributed by atoms with E-state index in [1.807, 2.05) is 49.2 Å². The van der Waals surface area contributed by atoms with Crippen molar-refractivity contribution in [3.05, 3.63) is 48.0 Å². The lowest BCUT2D eigenvalue weighted by atomic mass is 10.2. The van der Waals surface area contributed by atoms with Gasteiger partial charge in [0.25, 0.3) is 0 Å². The molecule has 0 spiro atoms. The van der Waals surface area contributed by atoms with E-state index in [9.17, 15) is 8.42 Å². The highest BCUT2D eigenvalue weighted by Gasteiger charge is 2.16. The Balaban J connectivity index is 2.51. The molecule has 0 aromatic heterocycles. The third-order valence-corrected chi connectivity index (χ3v) is 4.38. The minimum atomic E-state index is -3.33. The minimum absolute atomic E-state index is 0.161. The van der Waals surface area contributed by atoms with Crippen LogP contribution in [0.3, 0.4) is 0 Å². The van der Waals surface area contributed by atoms with Crippen LogP contribution in [0, 0.1) is 6.92 Å². The lowest BCUT2D eigenvalue weighted by Gasteiger charge is -2.22. The molecule has 0 saturated heterocycles. The van der Waals surface area contributed by atoms with Gasteiger partial charge in [-0.15, -0.1) is 0 Å². The fourth-order valence-corrected chi connectivity index (χ4v) is 2.89. The van der Waals surface area contributed by atoms with Crippen LogP contribution in [0.2, 0.25) is 0 Å². The van der Waals surface area contributed by atoms with Gasteiger partial charge in [-0.05, 0) is 31.2 Å². The molecule has 0 bridgehead atoms. The number of nitrogens with zero attached hydrogens (tertiary/aromatic N) is 1. The highest BCUT2D eigenvalue weighted by atomic mass is 32.2. The summed E-state index contributed by atoms with van der Waals surface area (Å²) < 4.78 is 23.4. The van der Waals surface area contributed by atoms with Crippen LogP contribution in [-0.4, -0.2) is 21.7 Å². The van der Waals surface area contributed by atoms with E-state index in [1.165, 1.54) is 11.6 Å². The molecule has 2 aromatic carbocycles. The molecule has 0 unspecified atom stereocenters. The number of aryl methyl sites for hydroxylation is 1. The number of benzene rings is 2. The topological polar surface area (TPSA) is 63.4 Å². The van der Waals surface area contributed by atoms with Crippen molar-refractivity contribution in [3.8, 4) is 0 Å². The van der Waals surface area contributed by atoms with Crippen LogP contribution in [0.4, 0.5) is 17.1 Å². The lowest BCUT2D eigenvalue weighted by molar-refractivity contribution is 0.602. The summed E-state index contributed by atoms with van der Waals surface area (Å²) in [7, 11) is -1.47. The summed E-state index contributed by atoms with van der Waals surface area (Å²) >= 11 is 0. The summed E-state index contributed by atoms with van der Waals surface area (Å²) in [6, 6.07) is 13.0. The molecule has 0 fully saturated rings. The van der Waals surface area contributed by atoms with Crippen LogP contribution in [0.1, 0.15) is 5.56 Å². The van der Waals surface area contributed by atoms with E-state index in [-0.39, 0.29) is 10.6 Å². The second-order valence-corrected chi connectivity index (χ2v) is 6.84. The number of sulfone groups is 1. The SMILES string of the molecule is Cc1ccc(N(C)c2cccc(S(C)(=O)=O)c2N)cc1. The second kappa shape index (κ2) is 5.17. The van der Waals surface area contributed by atoms with Gasteiger partial charge in [0, 0.05) is 19.0 Å². The van der Waals surface area contributed by atoms with E-state index in [1.54, 1.807) is 6.07 Å². The third kappa shape index (κ3) is 2.77. The predicted molar refractivity (Wildman–Crippen MR) is 83.2 cm³/mol. The van der Waals surface area contributed by atoms with Crippen LogP contribution >= 0.6 is 0 Å². The summed E-state index contributed by atoms with van der Waals surface area (Å²) in [5, 5.41) is 0. The first-order valence-corrected chi connectivity index (χ1v) is 8.09. The molecule has 0 atom stereocenters. The number of anilines is 3. The number of hydrogen-bond donors (Lipinski definition) is 1. The molecule has 0 saturated carbocycles. The van der Waals surface area contributed by atoms with Gasteiger partial charge in [-0.2, -0.15) is 0 Å². The number of nitrogens with two attached hydrogens (primary N) is 1. The Hall–Kier alpha value is -2.01. The number of rotatable bonds is 3. The molecule has 0 heterocycles. The van der Waals surface area contributed by atoms with Gasteiger partial charge >= 0.3 is 0 Å². The smallest absolute Gasteiger partial charge is 0.177 e. The Kier molecular flexibility index (Phi) is 3.72. The number of hydrogen-bond acceptors (Lipinski definition) is 4. The molecule has 5 heteroatoms. The van der Waals surface area contributed by atoms with Crippen LogP contribution in [0.5, 0.6) is 0 Å². The average molecular weight is 290 g/mol. The van der Waals surface area contributed by atoms with Crippen LogP contribution < -0.4 is 10.6 Å². The van der Waals surface area contributed by atoms with Gasteiger partial charge in [0.05, 0.1) is 16.3 Å². The predicted octanol–water partition coefficient (Wildman–Crippen LogP) is 2.75. The molecular formula is C15H18N2O2S. The molecule has 4 nitrogen and oxygen atoms in total. The van der Waals surface area contributed by atoms with Gasteiger partial charge in [-0.3, -0.25) is 0 Å². The zero-order valence-electron chi connectivity index (χ0n) is 11.8. The van der Waals surface area contributed by atoms with Gasteiger partial charge in [0.1, 0.15) is 0 Å². The molecule has 0 aliphatic carbocycles. The van der Waals surface area contributed by atoms with Crippen LogP contribution in [0.15, 0.2) is 47.4 Å². The van der Waals surface area contributed by atoms with Gasteiger partial charge in [-0.1, -0.05) is 23.8 Å². The summed E-state index contributed by atoms with van der Waals surface area (Å²) in [5.41, 5.74) is 9.09. The monoisotopic (exact) mass is 290 g/mol. The lowest BCUT2D eigenvalue weighted by Crippen LogP contribution is -2.13. The van der Waals surface area contributed by atoms with Crippen LogP contribution in [0.25, 0.3) is 0 Å². The van der Waals surface area contributed by atoms with Crippen molar-refractivity contribution in [2.24, 2.45) is 0 Å². The Morgan fingerprint density at radius 2 is 1.65 bits per heavy atom. The molecule has 106 valence electrons. The normalized spacial score (nSPS) is 11.3. The summed E-state index contributed by atoms with van der Waals surface area (Å²) in [5.74, 6) is 0. The molecule has 2 N–H and O–H groups in total. The molecule has 2 rings (SSSR count). The zero-order chi connectivity index (χ0) is 14.9. The van der Waals surface area contributed by atoms with Crippen molar-refractivity contribution in [2.75, 3.05) is 23.9 Å². The zero-order valence-corrected chi connectivity index (χ0v) is 12.6. The van der Waals surface area contributed by atoms with Crippen molar-refractivity contribution >= 4 is 26.9 Å². The van der Waals surface area contributed by atoms with E-state index >= 15 is 0 Å². The van der Waals surface area contributed by atoms with E-state index < -0.39 is 9.84 Å². The average Bonchev–Trinajstić information content (AvgIpc) is 2.37. The maximum atomic E-state index is 11.7. The standard InChI is InChI=1S/C15H18N2O2S/c1-11-7-9-12(10-8-11)17(2)13-5-4-6-14(15(13)16)20(3,18)19/h4-10H,16H2,1-3H3. The van der Waals surface area contributed by atoms with Gasteiger partial charge in [0.15, 0.2) is 9.84 Å². The highest BCUT2D eigenvalue weighted by molar-refractivity contribution is 7.90. The van der Waals surface area contributed by atoms with Crippen molar-refractivity contribution in [2.45, 2.75) is 11.8 Å². The Bertz CT molecular complexity index is 722. The summed E-state index contributed by atoms with van der Waals surface area (Å²) in [4.78, 5) is 2.04. The van der Waals surface area contributed by atoms with Crippen molar-refractivity contribution in [3.63, 3.8) is 0 Å². The Morgan fingerprint density at radius 3 is 2.20 bits per heavy atom. The Morgan fingerprint density at radius 1 is 1.05 bits per heavy atom. The molecule has 0 amide bonds. The molecular weight excluding hydrogens is 272 g/mol. The van der Waals surface area contributed by atoms with Crippen molar-refractivity contribution in [1.82, 2.24) is 0 Å². The van der Waals surface area contributed by atoms with Crippen molar-refractivity contribution in [1.29, 1.82) is 0 Å². The fourth-order valence-electron chi connectivity index (χ4n) is 2.06. The molecule has 0 radical (unpaired) electrons. The molecule has 20 heavy (non-hydrogen) atoms. The first-order valence-electron chi connectivity index (χ1n) is 6.19. The third-order valence-electron chi connectivity index (χ3n) is 3.23. The van der Waals surface area contributed by atoms with E-state index in [2.05, 4.69) is 0 Å².